The maximum absolute atomic E-state index is 15.3. The number of benzene rings is 2. The van der Waals surface area contributed by atoms with Crippen molar-refractivity contribution in [2.45, 2.75) is 224 Å². The highest BCUT2D eigenvalue weighted by molar-refractivity contribution is 7.33. The molecule has 0 aliphatic heterocycles. The van der Waals surface area contributed by atoms with Crippen molar-refractivity contribution in [3.63, 3.8) is 0 Å². The molecule has 17 nitrogen and oxygen atoms in total. The SMILES string of the molecule is Cc1cc(OC(COC(=O)C(C)(C)C)(COC(=O)C(C)(C)C)O[P+](=O)OC(COC(=O)C(C)(C)C)(COC(=O)C(C)(C)C)Oc2cc(C)c(Cc3ccc(O)c(C4CCCCCC4)n3)c(C)c2)cc(C)c1Cc1ccc(O)c(C2CCCCCC2)n1. The summed E-state index contributed by atoms with van der Waals surface area (Å²) in [5.74, 6) is -6.63. The number of nitrogens with zero attached hydrogens (tertiary/aromatic N) is 2. The van der Waals surface area contributed by atoms with Gasteiger partial charge in [-0.1, -0.05) is 60.4 Å². The van der Waals surface area contributed by atoms with Crippen LogP contribution in [0.3, 0.4) is 0 Å². The summed E-state index contributed by atoms with van der Waals surface area (Å²) in [5.41, 5.74) is 3.66. The maximum atomic E-state index is 15.3. The molecule has 2 saturated carbocycles. The quantitative estimate of drug-likeness (QED) is 0.0245. The van der Waals surface area contributed by atoms with Gasteiger partial charge in [-0.3, -0.25) is 29.1 Å². The van der Waals surface area contributed by atoms with Crippen LogP contribution in [0.25, 0.3) is 0 Å². The van der Waals surface area contributed by atoms with Crippen LogP contribution in [0.1, 0.15) is 228 Å². The largest absolute Gasteiger partial charge is 0.706 e. The molecule has 2 heterocycles. The number of hydrogen-bond acceptors (Lipinski definition) is 17. The second kappa shape index (κ2) is 28.8. The summed E-state index contributed by atoms with van der Waals surface area (Å²) in [6, 6.07) is 14.0. The molecule has 18 heteroatoms. The molecule has 6 rings (SSSR count). The molecule has 0 atom stereocenters. The smallest absolute Gasteiger partial charge is 0.506 e. The molecular formula is C68H96N2O15P+. The van der Waals surface area contributed by atoms with E-state index in [4.69, 9.17) is 47.4 Å². The minimum atomic E-state index is -3.64. The third kappa shape index (κ3) is 19.4. The third-order valence-corrected chi connectivity index (χ3v) is 16.7. The van der Waals surface area contributed by atoms with Gasteiger partial charge in [-0.25, -0.2) is 0 Å². The van der Waals surface area contributed by atoms with E-state index in [1.165, 1.54) is 0 Å². The minimum absolute atomic E-state index is 0.151. The standard InChI is InChI=1S/C68H95N2O15P/c1-43-33-51(34-44(2)53(43)37-49-29-31-55(71)57(69-49)47-25-21-17-18-22-26-47)82-67(39-78-59(73)63(5,6)7,40-79-60(74)64(8,9)10)84-86(77)85-68(41-80-61(75)65(11,12)13,42-81-62(76)66(14,15)16)83-52-35-45(3)54(46(4)36-52)38-50-30-32-56(72)58(70-50)48-27-23-19-20-24-28-48/h29-36,47-48H,17-28,37-42H2,1-16H3,(H-,71,72)/p+1. The van der Waals surface area contributed by atoms with E-state index in [0.29, 0.717) is 24.2 Å². The summed E-state index contributed by atoms with van der Waals surface area (Å²) in [6.07, 6.45) is 13.7. The summed E-state index contributed by atoms with van der Waals surface area (Å²) in [6.45, 7) is 24.2. The molecule has 2 aliphatic rings. The number of esters is 4. The Morgan fingerprint density at radius 2 is 0.721 bits per heavy atom. The average Bonchev–Trinajstić information content (AvgIpc) is 1.41. The topological polar surface area (TPSA) is 225 Å². The predicted molar refractivity (Wildman–Crippen MR) is 328 cm³/mol. The summed E-state index contributed by atoms with van der Waals surface area (Å²) < 4.78 is 65.2. The van der Waals surface area contributed by atoms with E-state index >= 15 is 4.57 Å². The van der Waals surface area contributed by atoms with Gasteiger partial charge in [0, 0.05) is 40.6 Å². The van der Waals surface area contributed by atoms with E-state index in [1.54, 1.807) is 119 Å². The zero-order valence-corrected chi connectivity index (χ0v) is 54.9. The van der Waals surface area contributed by atoms with Gasteiger partial charge in [0.2, 0.25) is 0 Å². The lowest BCUT2D eigenvalue weighted by Gasteiger charge is -2.32. The second-order valence-corrected chi connectivity index (χ2v) is 28.8. The number of aromatic nitrogens is 2. The van der Waals surface area contributed by atoms with Crippen LogP contribution in [-0.2, 0) is 64.6 Å². The fourth-order valence-corrected chi connectivity index (χ4v) is 11.4. The van der Waals surface area contributed by atoms with E-state index in [-0.39, 0.29) is 34.8 Å². The number of ether oxygens (including phenoxy) is 6. The van der Waals surface area contributed by atoms with Crippen molar-refractivity contribution in [3.8, 4) is 23.0 Å². The van der Waals surface area contributed by atoms with Crippen LogP contribution in [0.4, 0.5) is 0 Å². The zero-order valence-electron chi connectivity index (χ0n) is 54.0. The predicted octanol–water partition coefficient (Wildman–Crippen LogP) is 15.1. The number of hydrogen-bond donors (Lipinski definition) is 2. The Morgan fingerprint density at radius 1 is 0.453 bits per heavy atom. The van der Waals surface area contributed by atoms with Gasteiger partial charge in [0.1, 0.15) is 23.0 Å². The number of rotatable bonds is 22. The summed E-state index contributed by atoms with van der Waals surface area (Å²) >= 11 is 0. The maximum Gasteiger partial charge on any atom is 0.706 e. The van der Waals surface area contributed by atoms with Gasteiger partial charge < -0.3 is 38.6 Å². The number of carbonyl (C=O) groups is 4. The fraction of sp³-hybridized carbons (Fsp3) is 0.618. The van der Waals surface area contributed by atoms with Gasteiger partial charge in [-0.2, -0.15) is 0 Å². The van der Waals surface area contributed by atoms with E-state index in [1.807, 2.05) is 39.8 Å². The van der Waals surface area contributed by atoms with Gasteiger partial charge in [0.15, 0.2) is 26.4 Å². The van der Waals surface area contributed by atoms with Crippen LogP contribution in [0.5, 0.6) is 23.0 Å². The molecule has 2 fully saturated rings. The molecule has 86 heavy (non-hydrogen) atoms. The van der Waals surface area contributed by atoms with Crippen LogP contribution >= 0.6 is 8.25 Å². The summed E-state index contributed by atoms with van der Waals surface area (Å²) in [7, 11) is -3.64. The van der Waals surface area contributed by atoms with Crippen LogP contribution in [0.2, 0.25) is 0 Å². The number of pyridine rings is 2. The third-order valence-electron chi connectivity index (χ3n) is 15.7. The minimum Gasteiger partial charge on any atom is -0.506 e. The molecular weight excluding hydrogens is 1120 g/mol. The fourth-order valence-electron chi connectivity index (χ4n) is 10.5. The highest BCUT2D eigenvalue weighted by atomic mass is 31.1. The molecule has 4 aromatic rings. The van der Waals surface area contributed by atoms with Crippen LogP contribution in [-0.4, -0.2) is 82.1 Å². The lowest BCUT2D eigenvalue weighted by atomic mass is 9.94. The lowest BCUT2D eigenvalue weighted by Crippen LogP contribution is -2.51. The molecule has 0 spiro atoms. The molecule has 0 amide bonds. The molecule has 2 aromatic heterocycles. The van der Waals surface area contributed by atoms with Crippen molar-refractivity contribution >= 4 is 32.1 Å². The normalized spacial score (nSPS) is 15.3. The summed E-state index contributed by atoms with van der Waals surface area (Å²) in [5, 5.41) is 21.9. The van der Waals surface area contributed by atoms with Gasteiger partial charge >= 0.3 is 43.7 Å². The Morgan fingerprint density at radius 3 is 0.977 bits per heavy atom. The second-order valence-electron chi connectivity index (χ2n) is 28.0. The molecule has 0 bridgehead atoms. The van der Waals surface area contributed by atoms with E-state index in [9.17, 15) is 29.4 Å². The number of aryl methyl sites for hydroxylation is 4. The van der Waals surface area contributed by atoms with Crippen molar-refractivity contribution in [2.75, 3.05) is 26.4 Å². The van der Waals surface area contributed by atoms with Gasteiger partial charge in [-0.05, 0) is 218 Å². The highest BCUT2D eigenvalue weighted by Gasteiger charge is 2.55. The van der Waals surface area contributed by atoms with E-state index < -0.39 is 91.8 Å². The highest BCUT2D eigenvalue weighted by Crippen LogP contribution is 2.43. The Balaban J connectivity index is 1.43. The monoisotopic (exact) mass is 1210 g/mol. The van der Waals surface area contributed by atoms with Gasteiger partial charge in [-0.15, -0.1) is 0 Å². The van der Waals surface area contributed by atoms with Crippen LogP contribution in [0.15, 0.2) is 48.5 Å². The first kappa shape index (κ1) is 68.9. The van der Waals surface area contributed by atoms with E-state index in [2.05, 4.69) is 0 Å². The number of carbonyl (C=O) groups excluding carboxylic acids is 4. The molecule has 0 saturated heterocycles. The molecule has 2 N–H and O–H groups in total. The van der Waals surface area contributed by atoms with Crippen LogP contribution in [0, 0.1) is 49.4 Å². The number of aromatic hydroxyl groups is 2. The van der Waals surface area contributed by atoms with Crippen molar-refractivity contribution in [2.24, 2.45) is 21.7 Å². The summed E-state index contributed by atoms with van der Waals surface area (Å²) in [4.78, 5) is 64.9. The zero-order chi connectivity index (χ0) is 63.6. The molecule has 2 aromatic carbocycles. The van der Waals surface area contributed by atoms with Gasteiger partial charge in [0.05, 0.1) is 33.0 Å². The van der Waals surface area contributed by atoms with Crippen molar-refractivity contribution in [1.82, 2.24) is 9.97 Å². The molecule has 472 valence electrons. The first-order valence-corrected chi connectivity index (χ1v) is 31.7. The Labute approximate surface area is 511 Å². The molecule has 0 radical (unpaired) electrons. The lowest BCUT2D eigenvalue weighted by molar-refractivity contribution is -0.224. The Hall–Kier alpha value is -6.16. The van der Waals surface area contributed by atoms with Crippen LogP contribution < -0.4 is 9.47 Å². The van der Waals surface area contributed by atoms with Crippen molar-refractivity contribution in [1.29, 1.82) is 0 Å². The first-order chi connectivity index (χ1) is 40.1. The Kier molecular flexibility index (Phi) is 23.1. The van der Waals surface area contributed by atoms with Crippen molar-refractivity contribution in [3.05, 3.63) is 105 Å². The molecule has 2 aliphatic carbocycles. The first-order valence-electron chi connectivity index (χ1n) is 30.6. The van der Waals surface area contributed by atoms with E-state index in [0.717, 1.165) is 122 Å². The average molecular weight is 1210 g/mol. The van der Waals surface area contributed by atoms with Gasteiger partial charge in [0.25, 0.3) is 0 Å². The Bertz CT molecular complexity index is 2730. The molecule has 0 unspecified atom stereocenters. The van der Waals surface area contributed by atoms with Crippen molar-refractivity contribution < 1.29 is 71.4 Å².